The van der Waals surface area contributed by atoms with Crippen LogP contribution in [0.1, 0.15) is 17.0 Å². The maximum Gasteiger partial charge on any atom is 0.291 e. The summed E-state index contributed by atoms with van der Waals surface area (Å²) >= 11 is 0. The van der Waals surface area contributed by atoms with Crippen molar-refractivity contribution in [2.24, 2.45) is 0 Å². The van der Waals surface area contributed by atoms with Crippen LogP contribution >= 0.6 is 0 Å². The number of carbonyl (C=O) groups excluding carboxylic acids is 1. The van der Waals surface area contributed by atoms with E-state index < -0.39 is 0 Å². The first-order valence-corrected chi connectivity index (χ1v) is 11.0. The van der Waals surface area contributed by atoms with Gasteiger partial charge >= 0.3 is 0 Å². The number of benzene rings is 2. The Morgan fingerprint density at radius 1 is 0.938 bits per heavy atom. The molecule has 0 aliphatic carbocycles. The highest BCUT2D eigenvalue weighted by molar-refractivity contribution is 5.87. The monoisotopic (exact) mass is 429 g/mol. The molecule has 0 radical (unpaired) electrons. The molecule has 4 aromatic rings. The van der Waals surface area contributed by atoms with Crippen molar-refractivity contribution in [2.75, 3.05) is 26.2 Å². The van der Waals surface area contributed by atoms with E-state index in [1.54, 1.807) is 0 Å². The zero-order chi connectivity index (χ0) is 22.2. The van der Waals surface area contributed by atoms with Crippen LogP contribution in [0.25, 0.3) is 16.4 Å². The summed E-state index contributed by atoms with van der Waals surface area (Å²) in [5.74, 6) is 0.633. The number of nitrogens with zero attached hydrogens (tertiary/aromatic N) is 5. The van der Waals surface area contributed by atoms with E-state index >= 15 is 0 Å². The van der Waals surface area contributed by atoms with Crippen LogP contribution in [-0.2, 0) is 17.9 Å². The van der Waals surface area contributed by atoms with E-state index in [-0.39, 0.29) is 18.0 Å². The number of rotatable bonds is 4. The molecule has 1 fully saturated rings. The molecule has 0 unspecified atom stereocenters. The minimum atomic E-state index is -0.236. The molecule has 2 aromatic carbocycles. The molecule has 7 nitrogen and oxygen atoms in total. The van der Waals surface area contributed by atoms with Gasteiger partial charge in [0.05, 0.1) is 5.52 Å². The minimum absolute atomic E-state index is 0.0323. The Morgan fingerprint density at radius 2 is 1.69 bits per heavy atom. The Kier molecular flexibility index (Phi) is 5.27. The molecule has 3 heterocycles. The summed E-state index contributed by atoms with van der Waals surface area (Å²) in [6, 6.07) is 18.4. The Hall–Kier alpha value is -3.45. The average Bonchev–Trinajstić information content (AvgIpc) is 3.18. The maximum absolute atomic E-state index is 13.1. The Labute approximate surface area is 186 Å². The zero-order valence-electron chi connectivity index (χ0n) is 18.5. The first-order chi connectivity index (χ1) is 15.5. The van der Waals surface area contributed by atoms with Crippen molar-refractivity contribution in [3.05, 3.63) is 81.9 Å². The third-order valence-electron chi connectivity index (χ3n) is 6.26. The van der Waals surface area contributed by atoms with Crippen molar-refractivity contribution in [2.45, 2.75) is 26.9 Å². The smallest absolute Gasteiger partial charge is 0.291 e. The number of carbonyl (C=O) groups is 1. The fourth-order valence-corrected chi connectivity index (χ4v) is 4.57. The van der Waals surface area contributed by atoms with Gasteiger partial charge in [-0.3, -0.25) is 18.9 Å². The average molecular weight is 430 g/mol. The molecule has 2 aromatic heterocycles. The summed E-state index contributed by atoms with van der Waals surface area (Å²) in [6.45, 7) is 7.73. The molecular weight excluding hydrogens is 402 g/mol. The molecule has 5 rings (SSSR count). The van der Waals surface area contributed by atoms with Gasteiger partial charge in [-0.1, -0.05) is 42.0 Å². The second kappa shape index (κ2) is 8.24. The summed E-state index contributed by atoms with van der Waals surface area (Å²) in [5, 5.41) is 5.47. The van der Waals surface area contributed by atoms with Crippen molar-refractivity contribution >= 4 is 22.3 Å². The van der Waals surface area contributed by atoms with E-state index in [1.807, 2.05) is 59.5 Å². The number of amides is 1. The fraction of sp³-hybridized carbons (Fsp3) is 0.320. The Balaban J connectivity index is 1.31. The van der Waals surface area contributed by atoms with Gasteiger partial charge in [0, 0.05) is 38.1 Å². The van der Waals surface area contributed by atoms with Crippen LogP contribution in [0.4, 0.5) is 0 Å². The number of aromatic nitrogens is 3. The van der Waals surface area contributed by atoms with Crippen LogP contribution in [0.5, 0.6) is 0 Å². The van der Waals surface area contributed by atoms with Gasteiger partial charge in [0.15, 0.2) is 0 Å². The van der Waals surface area contributed by atoms with Gasteiger partial charge in [0.2, 0.25) is 5.91 Å². The molecule has 0 saturated carbocycles. The fourth-order valence-electron chi connectivity index (χ4n) is 4.57. The van der Waals surface area contributed by atoms with E-state index in [2.05, 4.69) is 28.2 Å². The van der Waals surface area contributed by atoms with Gasteiger partial charge in [0.1, 0.15) is 17.9 Å². The lowest BCUT2D eigenvalue weighted by atomic mass is 10.2. The molecule has 1 amide bonds. The number of piperazine rings is 1. The lowest BCUT2D eigenvalue weighted by molar-refractivity contribution is -0.133. The normalized spacial score (nSPS) is 15.0. The topological polar surface area (TPSA) is 62.9 Å². The second-order valence-electron chi connectivity index (χ2n) is 8.58. The molecule has 0 atom stereocenters. The summed E-state index contributed by atoms with van der Waals surface area (Å²) < 4.78 is 3.19. The highest BCUT2D eigenvalue weighted by atomic mass is 16.2. The SMILES string of the molecule is Cc1ccc2c(c1)cc1c(=O)n(CC(=O)N3CCN(Cc4ccccc4)CC3)nc(C)n12. The summed E-state index contributed by atoms with van der Waals surface area (Å²) in [6.07, 6.45) is 0. The highest BCUT2D eigenvalue weighted by Crippen LogP contribution is 2.20. The third kappa shape index (κ3) is 3.80. The van der Waals surface area contributed by atoms with Gasteiger partial charge in [0.25, 0.3) is 5.56 Å². The molecular formula is C25H27N5O2. The van der Waals surface area contributed by atoms with Crippen LogP contribution in [0, 0.1) is 13.8 Å². The second-order valence-corrected chi connectivity index (χ2v) is 8.58. The largest absolute Gasteiger partial charge is 0.339 e. The van der Waals surface area contributed by atoms with Crippen LogP contribution in [0.3, 0.4) is 0 Å². The molecule has 164 valence electrons. The third-order valence-corrected chi connectivity index (χ3v) is 6.26. The quantitative estimate of drug-likeness (QED) is 0.500. The van der Waals surface area contributed by atoms with Crippen molar-refractivity contribution in [1.29, 1.82) is 0 Å². The molecule has 0 N–H and O–H groups in total. The number of fused-ring (bicyclic) bond motifs is 3. The number of hydrogen-bond donors (Lipinski definition) is 0. The number of hydrogen-bond acceptors (Lipinski definition) is 4. The van der Waals surface area contributed by atoms with Gasteiger partial charge in [-0.15, -0.1) is 0 Å². The predicted molar refractivity (Wildman–Crippen MR) is 125 cm³/mol. The van der Waals surface area contributed by atoms with Crippen LogP contribution in [-0.4, -0.2) is 56.1 Å². The van der Waals surface area contributed by atoms with Gasteiger partial charge < -0.3 is 4.90 Å². The van der Waals surface area contributed by atoms with Gasteiger partial charge in [-0.25, -0.2) is 4.68 Å². The molecule has 1 aliphatic rings. The minimum Gasteiger partial charge on any atom is -0.339 e. The molecule has 1 aliphatic heterocycles. The lowest BCUT2D eigenvalue weighted by Gasteiger charge is -2.34. The highest BCUT2D eigenvalue weighted by Gasteiger charge is 2.22. The summed E-state index contributed by atoms with van der Waals surface area (Å²) in [7, 11) is 0. The van der Waals surface area contributed by atoms with Crippen molar-refractivity contribution in [3.8, 4) is 0 Å². The Morgan fingerprint density at radius 3 is 2.44 bits per heavy atom. The predicted octanol–water partition coefficient (Wildman–Crippen LogP) is 2.61. The van der Waals surface area contributed by atoms with Gasteiger partial charge in [-0.2, -0.15) is 5.10 Å². The molecule has 32 heavy (non-hydrogen) atoms. The van der Waals surface area contributed by atoms with E-state index in [0.717, 1.165) is 36.1 Å². The first-order valence-electron chi connectivity index (χ1n) is 11.0. The Bertz CT molecular complexity index is 1350. The molecule has 1 saturated heterocycles. The van der Waals surface area contributed by atoms with Crippen LogP contribution < -0.4 is 5.56 Å². The summed E-state index contributed by atoms with van der Waals surface area (Å²) in [4.78, 5) is 30.3. The van der Waals surface area contributed by atoms with Crippen LogP contribution in [0.2, 0.25) is 0 Å². The van der Waals surface area contributed by atoms with Crippen molar-refractivity contribution < 1.29 is 4.79 Å². The van der Waals surface area contributed by atoms with Crippen molar-refractivity contribution in [1.82, 2.24) is 24.0 Å². The first kappa shape index (κ1) is 20.5. The summed E-state index contributed by atoms with van der Waals surface area (Å²) in [5.41, 5.74) is 3.70. The lowest BCUT2D eigenvalue weighted by Crippen LogP contribution is -2.49. The van der Waals surface area contributed by atoms with Crippen molar-refractivity contribution in [3.63, 3.8) is 0 Å². The van der Waals surface area contributed by atoms with E-state index in [0.29, 0.717) is 24.4 Å². The molecule has 0 spiro atoms. The van der Waals surface area contributed by atoms with Crippen LogP contribution in [0.15, 0.2) is 59.4 Å². The van der Waals surface area contributed by atoms with Gasteiger partial charge in [-0.05, 0) is 37.6 Å². The number of aryl methyl sites for hydroxylation is 2. The van der Waals surface area contributed by atoms with E-state index in [9.17, 15) is 9.59 Å². The zero-order valence-corrected chi connectivity index (χ0v) is 18.5. The molecule has 0 bridgehead atoms. The standard InChI is InChI=1S/C25H27N5O2/c1-18-8-9-22-21(14-18)15-23-25(32)29(26-19(2)30(22)23)17-24(31)28-12-10-27(11-13-28)16-20-6-4-3-5-7-20/h3-9,14-15H,10-13,16-17H2,1-2H3. The van der Waals surface area contributed by atoms with E-state index in [4.69, 9.17) is 0 Å². The molecule has 7 heteroatoms. The maximum atomic E-state index is 13.1. The van der Waals surface area contributed by atoms with E-state index in [1.165, 1.54) is 10.2 Å².